The predicted molar refractivity (Wildman–Crippen MR) is 98.4 cm³/mol. The van der Waals surface area contributed by atoms with Gasteiger partial charge < -0.3 is 5.11 Å². The molecule has 0 unspecified atom stereocenters. The topological polar surface area (TPSA) is 104 Å². The van der Waals surface area contributed by atoms with Crippen LogP contribution in [0.1, 0.15) is 24.8 Å². The first kappa shape index (κ1) is 19.5. The molecule has 0 spiro atoms. The van der Waals surface area contributed by atoms with Crippen LogP contribution < -0.4 is 4.72 Å². The van der Waals surface area contributed by atoms with Gasteiger partial charge in [-0.05, 0) is 42.9 Å². The van der Waals surface area contributed by atoms with Crippen LogP contribution in [-0.4, -0.2) is 52.5 Å². The number of rotatable bonds is 8. The van der Waals surface area contributed by atoms with E-state index in [1.807, 2.05) is 0 Å². The second-order valence-corrected chi connectivity index (χ2v) is 10.7. The van der Waals surface area contributed by atoms with Crippen LogP contribution in [0.15, 0.2) is 41.1 Å². The fourth-order valence-electron chi connectivity index (χ4n) is 3.29. The van der Waals surface area contributed by atoms with E-state index in [-0.39, 0.29) is 35.9 Å². The predicted octanol–water partition coefficient (Wildman–Crippen LogP) is 0.784. The molecule has 1 atom stereocenters. The van der Waals surface area contributed by atoms with E-state index in [0.717, 1.165) is 23.8 Å². The number of benzene rings is 1. The lowest BCUT2D eigenvalue weighted by molar-refractivity contribution is 0.255. The molecule has 2 aliphatic rings. The van der Waals surface area contributed by atoms with Crippen molar-refractivity contribution in [2.75, 3.05) is 26.2 Å². The number of nitrogens with zero attached hydrogens (tertiary/aromatic N) is 1. The standard InChI is InChI=1S/C17H24N2O5S2/c1-2-25(21,22)18-11-14-7-10-19(12-14)26(23,24)16-5-3-15(4-6-16)17(13-20)8-9-17/h2-6,14,18,20H,1,7-13H2/t14-/m1/s1. The maximum atomic E-state index is 12.8. The van der Waals surface area contributed by atoms with E-state index >= 15 is 0 Å². The second kappa shape index (κ2) is 7.05. The Labute approximate surface area is 154 Å². The number of hydrogen-bond donors (Lipinski definition) is 2. The van der Waals surface area contributed by atoms with Crippen LogP contribution in [0.5, 0.6) is 0 Å². The van der Waals surface area contributed by atoms with Crippen molar-refractivity contribution in [2.24, 2.45) is 5.92 Å². The molecule has 1 aliphatic heterocycles. The molecule has 3 rings (SSSR count). The van der Waals surface area contributed by atoms with Crippen LogP contribution in [0, 0.1) is 5.92 Å². The van der Waals surface area contributed by atoms with Gasteiger partial charge in [-0.1, -0.05) is 18.7 Å². The van der Waals surface area contributed by atoms with E-state index in [2.05, 4.69) is 11.3 Å². The van der Waals surface area contributed by atoms with Gasteiger partial charge in [-0.25, -0.2) is 21.6 Å². The summed E-state index contributed by atoms with van der Waals surface area (Å²) in [7, 11) is -7.11. The van der Waals surface area contributed by atoms with Crippen LogP contribution in [0.3, 0.4) is 0 Å². The van der Waals surface area contributed by atoms with Crippen molar-refractivity contribution in [1.29, 1.82) is 0 Å². The van der Waals surface area contributed by atoms with Gasteiger partial charge in [-0.3, -0.25) is 0 Å². The highest BCUT2D eigenvalue weighted by molar-refractivity contribution is 7.92. The van der Waals surface area contributed by atoms with Gasteiger partial charge in [-0.15, -0.1) is 0 Å². The molecule has 144 valence electrons. The lowest BCUT2D eigenvalue weighted by Gasteiger charge is -2.18. The zero-order valence-corrected chi connectivity index (χ0v) is 16.1. The van der Waals surface area contributed by atoms with Crippen LogP contribution in [0.2, 0.25) is 0 Å². The van der Waals surface area contributed by atoms with E-state index in [0.29, 0.717) is 13.0 Å². The molecule has 1 saturated carbocycles. The maximum absolute atomic E-state index is 12.8. The minimum Gasteiger partial charge on any atom is -0.395 e. The number of sulfonamides is 2. The van der Waals surface area contributed by atoms with Crippen molar-refractivity contribution in [1.82, 2.24) is 9.03 Å². The van der Waals surface area contributed by atoms with E-state index < -0.39 is 20.0 Å². The minimum atomic E-state index is -3.61. The minimum absolute atomic E-state index is 0.0668. The van der Waals surface area contributed by atoms with Gasteiger partial charge in [-0.2, -0.15) is 4.31 Å². The monoisotopic (exact) mass is 400 g/mol. The molecule has 2 fully saturated rings. The van der Waals surface area contributed by atoms with Crippen LogP contribution in [0.4, 0.5) is 0 Å². The summed E-state index contributed by atoms with van der Waals surface area (Å²) in [5.74, 6) is -0.0668. The first-order valence-corrected chi connectivity index (χ1v) is 11.5. The molecule has 1 aliphatic carbocycles. The Morgan fingerprint density at radius 1 is 1.23 bits per heavy atom. The normalized spacial score (nSPS) is 23.0. The summed E-state index contributed by atoms with van der Waals surface area (Å²) in [6, 6.07) is 6.74. The lowest BCUT2D eigenvalue weighted by atomic mass is 9.97. The smallest absolute Gasteiger partial charge is 0.243 e. The Morgan fingerprint density at radius 3 is 2.42 bits per heavy atom. The van der Waals surface area contributed by atoms with Crippen molar-refractivity contribution < 1.29 is 21.9 Å². The highest BCUT2D eigenvalue weighted by Crippen LogP contribution is 2.47. The van der Waals surface area contributed by atoms with Crippen molar-refractivity contribution in [3.8, 4) is 0 Å². The molecule has 1 aromatic rings. The number of nitrogens with one attached hydrogen (secondary N) is 1. The zero-order chi connectivity index (χ0) is 19.0. The zero-order valence-electron chi connectivity index (χ0n) is 14.5. The summed E-state index contributed by atoms with van der Waals surface area (Å²) < 4.78 is 52.3. The molecule has 0 radical (unpaired) electrons. The molecule has 1 heterocycles. The Kier molecular flexibility index (Phi) is 5.28. The summed E-state index contributed by atoms with van der Waals surface area (Å²) >= 11 is 0. The Morgan fingerprint density at radius 2 is 1.88 bits per heavy atom. The number of aliphatic hydroxyl groups is 1. The number of aliphatic hydroxyl groups excluding tert-OH is 1. The van der Waals surface area contributed by atoms with Crippen molar-refractivity contribution in [3.05, 3.63) is 41.8 Å². The highest BCUT2D eigenvalue weighted by Gasteiger charge is 2.43. The molecular formula is C17H24N2O5S2. The quantitative estimate of drug-likeness (QED) is 0.671. The van der Waals surface area contributed by atoms with Gasteiger partial charge in [0, 0.05) is 30.5 Å². The number of hydrogen-bond acceptors (Lipinski definition) is 5. The molecule has 26 heavy (non-hydrogen) atoms. The first-order valence-electron chi connectivity index (χ1n) is 8.56. The molecular weight excluding hydrogens is 376 g/mol. The molecule has 0 amide bonds. The summed E-state index contributed by atoms with van der Waals surface area (Å²) in [5.41, 5.74) is 0.778. The van der Waals surface area contributed by atoms with Crippen molar-refractivity contribution >= 4 is 20.0 Å². The lowest BCUT2D eigenvalue weighted by Crippen LogP contribution is -2.32. The Hall–Kier alpha value is -1.26. The fourth-order valence-corrected chi connectivity index (χ4v) is 5.41. The summed E-state index contributed by atoms with van der Waals surface area (Å²) in [4.78, 5) is 0.224. The summed E-state index contributed by atoms with van der Waals surface area (Å²) in [6.45, 7) is 4.15. The fraction of sp³-hybridized carbons (Fsp3) is 0.529. The molecule has 2 N–H and O–H groups in total. The third kappa shape index (κ3) is 3.86. The Bertz CT molecular complexity index is 874. The van der Waals surface area contributed by atoms with Crippen LogP contribution >= 0.6 is 0 Å². The third-order valence-corrected chi connectivity index (χ3v) is 8.19. The van der Waals surface area contributed by atoms with E-state index in [1.165, 1.54) is 4.31 Å². The van der Waals surface area contributed by atoms with Gasteiger partial charge in [0.1, 0.15) is 0 Å². The molecule has 1 aromatic carbocycles. The van der Waals surface area contributed by atoms with Gasteiger partial charge in [0.25, 0.3) is 0 Å². The van der Waals surface area contributed by atoms with Gasteiger partial charge in [0.15, 0.2) is 0 Å². The Balaban J connectivity index is 1.66. The molecule has 1 saturated heterocycles. The maximum Gasteiger partial charge on any atom is 0.243 e. The second-order valence-electron chi connectivity index (χ2n) is 7.04. The molecule has 0 aromatic heterocycles. The first-order chi connectivity index (χ1) is 12.2. The summed E-state index contributed by atoms with van der Waals surface area (Å²) in [5, 5.41) is 10.3. The average molecular weight is 401 g/mol. The molecule has 9 heteroatoms. The summed E-state index contributed by atoms with van der Waals surface area (Å²) in [6.07, 6.45) is 2.44. The van der Waals surface area contributed by atoms with Gasteiger partial charge >= 0.3 is 0 Å². The van der Waals surface area contributed by atoms with Crippen LogP contribution in [-0.2, 0) is 25.5 Å². The SMILES string of the molecule is C=CS(=O)(=O)NC[C@H]1CCN(S(=O)(=O)c2ccc(C3(CO)CC3)cc2)C1. The van der Waals surface area contributed by atoms with Crippen molar-refractivity contribution in [2.45, 2.75) is 29.6 Å². The third-order valence-electron chi connectivity index (χ3n) is 5.30. The average Bonchev–Trinajstić information content (AvgIpc) is 3.29. The highest BCUT2D eigenvalue weighted by atomic mass is 32.2. The van der Waals surface area contributed by atoms with E-state index in [1.54, 1.807) is 24.3 Å². The van der Waals surface area contributed by atoms with Gasteiger partial charge in [0.05, 0.1) is 11.5 Å². The molecule has 7 nitrogen and oxygen atoms in total. The van der Waals surface area contributed by atoms with Crippen LogP contribution in [0.25, 0.3) is 0 Å². The van der Waals surface area contributed by atoms with Gasteiger partial charge in [0.2, 0.25) is 20.0 Å². The molecule has 0 bridgehead atoms. The van der Waals surface area contributed by atoms with Crippen molar-refractivity contribution in [3.63, 3.8) is 0 Å². The van der Waals surface area contributed by atoms with E-state index in [9.17, 15) is 21.9 Å². The largest absolute Gasteiger partial charge is 0.395 e. The van der Waals surface area contributed by atoms with E-state index in [4.69, 9.17) is 0 Å².